The van der Waals surface area contributed by atoms with Gasteiger partial charge in [-0.2, -0.15) is 0 Å². The van der Waals surface area contributed by atoms with Crippen molar-refractivity contribution in [2.24, 2.45) is 0 Å². The molecule has 0 saturated carbocycles. The second-order valence-electron chi connectivity index (χ2n) is 4.56. The lowest BCUT2D eigenvalue weighted by Crippen LogP contribution is -2.17. The molecule has 3 heteroatoms. The van der Waals surface area contributed by atoms with Crippen LogP contribution in [0.5, 0.6) is 0 Å². The van der Waals surface area contributed by atoms with Gasteiger partial charge in [-0.05, 0) is 32.9 Å². The van der Waals surface area contributed by atoms with Crippen molar-refractivity contribution in [1.82, 2.24) is 10.3 Å². The van der Waals surface area contributed by atoms with Gasteiger partial charge in [0.05, 0.1) is 5.69 Å². The van der Waals surface area contributed by atoms with E-state index in [0.29, 0.717) is 6.04 Å². The molecule has 0 aliphatic heterocycles. The molecular weight excluding hydrogens is 240 g/mol. The highest BCUT2D eigenvalue weighted by atomic mass is 32.1. The summed E-state index contributed by atoms with van der Waals surface area (Å²) in [7, 11) is 0. The van der Waals surface area contributed by atoms with E-state index in [9.17, 15) is 0 Å². The van der Waals surface area contributed by atoms with Crippen molar-refractivity contribution in [1.29, 1.82) is 0 Å². The molecule has 0 fully saturated rings. The zero-order chi connectivity index (χ0) is 13.1. The highest BCUT2D eigenvalue weighted by Gasteiger charge is 2.15. The lowest BCUT2D eigenvalue weighted by molar-refractivity contribution is 0.603. The van der Waals surface area contributed by atoms with Crippen LogP contribution in [0.4, 0.5) is 0 Å². The maximum absolute atomic E-state index is 4.72. The zero-order valence-corrected chi connectivity index (χ0v) is 12.3. The number of nitrogens with zero attached hydrogens (tertiary/aromatic N) is 1. The number of thiazole rings is 1. The summed E-state index contributed by atoms with van der Waals surface area (Å²) in [5, 5.41) is 4.58. The molecule has 1 unspecified atom stereocenters. The van der Waals surface area contributed by atoms with Gasteiger partial charge in [-0.1, -0.05) is 31.2 Å². The van der Waals surface area contributed by atoms with Gasteiger partial charge in [0.1, 0.15) is 5.01 Å². The Morgan fingerprint density at radius 2 is 2.00 bits per heavy atom. The van der Waals surface area contributed by atoms with Crippen molar-refractivity contribution in [3.8, 4) is 10.6 Å². The van der Waals surface area contributed by atoms with Crippen LogP contribution in [0.2, 0.25) is 0 Å². The first-order valence-electron chi connectivity index (χ1n) is 6.40. The molecule has 2 rings (SSSR count). The highest BCUT2D eigenvalue weighted by molar-refractivity contribution is 7.15. The molecule has 2 nitrogen and oxygen atoms in total. The molecular formula is C15H20N2S. The lowest BCUT2D eigenvalue weighted by Gasteiger charge is -2.09. The van der Waals surface area contributed by atoms with Gasteiger partial charge in [0.2, 0.25) is 0 Å². The van der Waals surface area contributed by atoms with Crippen LogP contribution < -0.4 is 5.32 Å². The quantitative estimate of drug-likeness (QED) is 0.895. The molecule has 1 heterocycles. The maximum Gasteiger partial charge on any atom is 0.124 e. The molecule has 1 aromatic heterocycles. The molecule has 1 aromatic carbocycles. The standard InChI is InChI=1S/C15H20N2S/c1-5-16-11(3)14-12(4)17-15(18-14)13-9-7-6-8-10(13)2/h6-9,11,16H,5H2,1-4H3. The smallest absolute Gasteiger partial charge is 0.124 e. The van der Waals surface area contributed by atoms with Gasteiger partial charge in [-0.3, -0.25) is 0 Å². The molecule has 1 N–H and O–H groups in total. The summed E-state index contributed by atoms with van der Waals surface area (Å²) >= 11 is 1.80. The number of rotatable bonds is 4. The number of aromatic nitrogens is 1. The van der Waals surface area contributed by atoms with Gasteiger partial charge < -0.3 is 5.32 Å². The third-order valence-corrected chi connectivity index (χ3v) is 4.48. The Balaban J connectivity index is 2.37. The summed E-state index contributed by atoms with van der Waals surface area (Å²) in [5.41, 5.74) is 3.68. The van der Waals surface area contributed by atoms with E-state index < -0.39 is 0 Å². The molecule has 0 aliphatic rings. The van der Waals surface area contributed by atoms with Crippen molar-refractivity contribution in [2.45, 2.75) is 33.7 Å². The number of hydrogen-bond donors (Lipinski definition) is 1. The molecule has 0 aliphatic carbocycles. The summed E-state index contributed by atoms with van der Waals surface area (Å²) in [6.45, 7) is 9.56. The minimum Gasteiger partial charge on any atom is -0.310 e. The number of nitrogens with one attached hydrogen (secondary N) is 1. The Morgan fingerprint density at radius 1 is 1.28 bits per heavy atom. The van der Waals surface area contributed by atoms with Crippen LogP contribution >= 0.6 is 11.3 Å². The number of hydrogen-bond acceptors (Lipinski definition) is 3. The van der Waals surface area contributed by atoms with Crippen LogP contribution in [-0.4, -0.2) is 11.5 Å². The average Bonchev–Trinajstić information content (AvgIpc) is 2.72. The second-order valence-corrected chi connectivity index (χ2v) is 5.59. The first kappa shape index (κ1) is 13.2. The first-order valence-corrected chi connectivity index (χ1v) is 7.21. The highest BCUT2D eigenvalue weighted by Crippen LogP contribution is 2.33. The largest absolute Gasteiger partial charge is 0.310 e. The first-order chi connectivity index (χ1) is 8.63. The Labute approximate surface area is 113 Å². The van der Waals surface area contributed by atoms with Crippen LogP contribution in [0.3, 0.4) is 0 Å². The van der Waals surface area contributed by atoms with Crippen LogP contribution in [-0.2, 0) is 0 Å². The second kappa shape index (κ2) is 5.63. The van der Waals surface area contributed by atoms with Crippen molar-refractivity contribution in [3.05, 3.63) is 40.4 Å². The molecule has 0 bridgehead atoms. The average molecular weight is 260 g/mol. The van der Waals surface area contributed by atoms with E-state index in [4.69, 9.17) is 4.98 Å². The van der Waals surface area contributed by atoms with E-state index in [-0.39, 0.29) is 0 Å². The van der Waals surface area contributed by atoms with Gasteiger partial charge >= 0.3 is 0 Å². The monoisotopic (exact) mass is 260 g/mol. The van der Waals surface area contributed by atoms with Crippen LogP contribution in [0, 0.1) is 13.8 Å². The topological polar surface area (TPSA) is 24.9 Å². The fourth-order valence-corrected chi connectivity index (χ4v) is 3.32. The molecule has 18 heavy (non-hydrogen) atoms. The summed E-state index contributed by atoms with van der Waals surface area (Å²) in [6.07, 6.45) is 0. The van der Waals surface area contributed by atoms with Gasteiger partial charge in [-0.15, -0.1) is 11.3 Å². The molecule has 0 spiro atoms. The fraction of sp³-hybridized carbons (Fsp3) is 0.400. The predicted molar refractivity (Wildman–Crippen MR) is 79.1 cm³/mol. The Morgan fingerprint density at radius 3 is 2.67 bits per heavy atom. The van der Waals surface area contributed by atoms with Crippen molar-refractivity contribution < 1.29 is 0 Å². The molecule has 0 radical (unpaired) electrons. The van der Waals surface area contributed by atoms with Gasteiger partial charge in [-0.25, -0.2) is 4.98 Å². The summed E-state index contributed by atoms with van der Waals surface area (Å²) in [5.74, 6) is 0. The van der Waals surface area contributed by atoms with E-state index in [1.165, 1.54) is 16.0 Å². The normalized spacial score (nSPS) is 12.7. The van der Waals surface area contributed by atoms with E-state index in [1.54, 1.807) is 11.3 Å². The van der Waals surface area contributed by atoms with E-state index in [2.05, 4.69) is 57.3 Å². The van der Waals surface area contributed by atoms with Crippen molar-refractivity contribution in [3.63, 3.8) is 0 Å². The van der Waals surface area contributed by atoms with E-state index in [0.717, 1.165) is 17.2 Å². The SMILES string of the molecule is CCNC(C)c1sc(-c2ccccc2C)nc1C. The molecule has 0 saturated heterocycles. The van der Waals surface area contributed by atoms with E-state index in [1.807, 2.05) is 0 Å². The third kappa shape index (κ3) is 2.62. The Bertz CT molecular complexity index is 531. The van der Waals surface area contributed by atoms with Crippen molar-refractivity contribution in [2.75, 3.05) is 6.54 Å². The number of aryl methyl sites for hydroxylation is 2. The molecule has 2 aromatic rings. The van der Waals surface area contributed by atoms with Crippen LogP contribution in [0.1, 0.15) is 36.0 Å². The predicted octanol–water partition coefficient (Wildman–Crippen LogP) is 4.10. The summed E-state index contributed by atoms with van der Waals surface area (Å²) in [4.78, 5) is 6.07. The van der Waals surface area contributed by atoms with Gasteiger partial charge in [0.15, 0.2) is 0 Å². The molecule has 1 atom stereocenters. The minimum atomic E-state index is 0.380. The van der Waals surface area contributed by atoms with Crippen molar-refractivity contribution >= 4 is 11.3 Å². The molecule has 0 amide bonds. The number of benzene rings is 1. The van der Waals surface area contributed by atoms with Gasteiger partial charge in [0, 0.05) is 16.5 Å². The van der Waals surface area contributed by atoms with Gasteiger partial charge in [0.25, 0.3) is 0 Å². The summed E-state index contributed by atoms with van der Waals surface area (Å²) < 4.78 is 0. The Hall–Kier alpha value is -1.19. The molecule has 96 valence electrons. The van der Waals surface area contributed by atoms with E-state index >= 15 is 0 Å². The maximum atomic E-state index is 4.72. The van der Waals surface area contributed by atoms with Crippen LogP contribution in [0.15, 0.2) is 24.3 Å². The third-order valence-electron chi connectivity index (χ3n) is 3.11. The summed E-state index contributed by atoms with van der Waals surface area (Å²) in [6, 6.07) is 8.81. The zero-order valence-electron chi connectivity index (χ0n) is 11.4. The lowest BCUT2D eigenvalue weighted by atomic mass is 10.1. The fourth-order valence-electron chi connectivity index (χ4n) is 2.14. The van der Waals surface area contributed by atoms with Crippen LogP contribution in [0.25, 0.3) is 10.6 Å². The minimum absolute atomic E-state index is 0.380. The Kier molecular flexibility index (Phi) is 4.15.